The van der Waals surface area contributed by atoms with E-state index >= 15 is 0 Å². The number of likely N-dealkylation sites (N-methyl/N-ethyl adjacent to an activating group) is 1. The Morgan fingerprint density at radius 3 is 2.67 bits per heavy atom. The summed E-state index contributed by atoms with van der Waals surface area (Å²) in [6.07, 6.45) is 2.11. The number of thioether (sulfide) groups is 2. The standard InChI is InChI=1S/C17H29N5S2/c1-21-9-11-22(12-10-21)17(19-8-14-24-13-7-18)20-15-5-3-4-6-16(15)23-2/h3-6H,7-14,18H2,1-2H3,(H,19,20). The number of guanidine groups is 1. The van der Waals surface area contributed by atoms with Crippen LogP contribution in [0.4, 0.5) is 5.69 Å². The number of nitrogens with one attached hydrogen (secondary N) is 1. The molecule has 1 aliphatic heterocycles. The molecule has 0 aromatic heterocycles. The van der Waals surface area contributed by atoms with E-state index < -0.39 is 0 Å². The average Bonchev–Trinajstić information content (AvgIpc) is 2.61. The molecule has 0 aliphatic carbocycles. The second kappa shape index (κ2) is 10.9. The summed E-state index contributed by atoms with van der Waals surface area (Å²) in [4.78, 5) is 10.8. The zero-order valence-corrected chi connectivity index (χ0v) is 16.3. The predicted molar refractivity (Wildman–Crippen MR) is 110 cm³/mol. The van der Waals surface area contributed by atoms with Crippen LogP contribution in [-0.4, -0.2) is 79.8 Å². The fourth-order valence-electron chi connectivity index (χ4n) is 2.51. The Labute approximate surface area is 154 Å². The SMILES string of the molecule is CSc1ccccc1NC(=NCCSCCN)N1CCN(C)CC1. The monoisotopic (exact) mass is 367 g/mol. The van der Waals surface area contributed by atoms with Crippen LogP contribution in [0.1, 0.15) is 0 Å². The minimum Gasteiger partial charge on any atom is -0.340 e. The lowest BCUT2D eigenvalue weighted by atomic mass is 10.3. The third kappa shape index (κ3) is 6.20. The van der Waals surface area contributed by atoms with Gasteiger partial charge in [-0.1, -0.05) is 12.1 Å². The van der Waals surface area contributed by atoms with Crippen LogP contribution in [0.25, 0.3) is 0 Å². The van der Waals surface area contributed by atoms with Crippen molar-refractivity contribution in [3.05, 3.63) is 24.3 Å². The summed E-state index contributed by atoms with van der Waals surface area (Å²) in [6, 6.07) is 8.42. The van der Waals surface area contributed by atoms with E-state index in [-0.39, 0.29) is 0 Å². The molecule has 3 N–H and O–H groups in total. The molecule has 5 nitrogen and oxygen atoms in total. The van der Waals surface area contributed by atoms with Gasteiger partial charge in [0.05, 0.1) is 12.2 Å². The van der Waals surface area contributed by atoms with E-state index in [9.17, 15) is 0 Å². The van der Waals surface area contributed by atoms with Crippen LogP contribution < -0.4 is 11.1 Å². The maximum Gasteiger partial charge on any atom is 0.198 e. The minimum atomic E-state index is 0.735. The molecule has 1 heterocycles. The Hall–Kier alpha value is -0.890. The van der Waals surface area contributed by atoms with E-state index in [4.69, 9.17) is 10.7 Å². The van der Waals surface area contributed by atoms with E-state index in [2.05, 4.69) is 52.7 Å². The number of hydrogen-bond acceptors (Lipinski definition) is 5. The molecular formula is C17H29N5S2. The van der Waals surface area contributed by atoms with Gasteiger partial charge in [-0.2, -0.15) is 11.8 Å². The van der Waals surface area contributed by atoms with Crippen molar-refractivity contribution in [2.24, 2.45) is 10.7 Å². The number of hydrogen-bond donors (Lipinski definition) is 2. The molecule has 0 unspecified atom stereocenters. The van der Waals surface area contributed by atoms with Gasteiger partial charge in [0.1, 0.15) is 0 Å². The lowest BCUT2D eigenvalue weighted by Gasteiger charge is -2.35. The third-order valence-corrected chi connectivity index (χ3v) is 5.71. The second-order valence-corrected chi connectivity index (χ2v) is 7.79. The van der Waals surface area contributed by atoms with Gasteiger partial charge in [-0.3, -0.25) is 4.99 Å². The third-order valence-electron chi connectivity index (χ3n) is 3.92. The molecule has 24 heavy (non-hydrogen) atoms. The van der Waals surface area contributed by atoms with Gasteiger partial charge in [0, 0.05) is 49.1 Å². The van der Waals surface area contributed by atoms with E-state index in [0.29, 0.717) is 0 Å². The van der Waals surface area contributed by atoms with Gasteiger partial charge in [0.15, 0.2) is 5.96 Å². The molecule has 2 rings (SSSR count). The zero-order chi connectivity index (χ0) is 17.2. The van der Waals surface area contributed by atoms with Crippen LogP contribution in [0.2, 0.25) is 0 Å². The van der Waals surface area contributed by atoms with Crippen LogP contribution in [0.3, 0.4) is 0 Å². The lowest BCUT2D eigenvalue weighted by molar-refractivity contribution is 0.215. The molecule has 0 bridgehead atoms. The normalized spacial score (nSPS) is 16.5. The van der Waals surface area contributed by atoms with Crippen molar-refractivity contribution in [3.8, 4) is 0 Å². The number of anilines is 1. The van der Waals surface area contributed by atoms with Gasteiger partial charge in [-0.05, 0) is 25.4 Å². The largest absolute Gasteiger partial charge is 0.340 e. The van der Waals surface area contributed by atoms with E-state index in [1.54, 1.807) is 11.8 Å². The van der Waals surface area contributed by atoms with Gasteiger partial charge >= 0.3 is 0 Å². The number of rotatable bonds is 7. The smallest absolute Gasteiger partial charge is 0.198 e. The average molecular weight is 368 g/mol. The molecule has 0 radical (unpaired) electrons. The minimum absolute atomic E-state index is 0.735. The highest BCUT2D eigenvalue weighted by Crippen LogP contribution is 2.25. The number of benzene rings is 1. The van der Waals surface area contributed by atoms with Crippen molar-refractivity contribution >= 4 is 35.2 Å². The van der Waals surface area contributed by atoms with Crippen LogP contribution >= 0.6 is 23.5 Å². The Bertz CT molecular complexity index is 515. The summed E-state index contributed by atoms with van der Waals surface area (Å²) < 4.78 is 0. The van der Waals surface area contributed by atoms with Crippen LogP contribution in [0, 0.1) is 0 Å². The maximum absolute atomic E-state index is 5.55. The molecule has 0 saturated carbocycles. The number of nitrogens with zero attached hydrogens (tertiary/aromatic N) is 3. The molecule has 1 aliphatic rings. The van der Waals surface area contributed by atoms with E-state index in [0.717, 1.165) is 62.4 Å². The highest BCUT2D eigenvalue weighted by atomic mass is 32.2. The number of aliphatic imine (C=N–C) groups is 1. The van der Waals surface area contributed by atoms with Gasteiger partial charge in [0.2, 0.25) is 0 Å². The van der Waals surface area contributed by atoms with Gasteiger partial charge in [-0.15, -0.1) is 11.8 Å². The fraction of sp³-hybridized carbons (Fsp3) is 0.588. The first-order chi connectivity index (χ1) is 11.7. The van der Waals surface area contributed by atoms with Crippen LogP contribution in [-0.2, 0) is 0 Å². The Kier molecular flexibility index (Phi) is 8.80. The van der Waals surface area contributed by atoms with Crippen molar-refractivity contribution in [1.82, 2.24) is 9.80 Å². The fourth-order valence-corrected chi connectivity index (χ4v) is 3.65. The Morgan fingerprint density at radius 2 is 1.96 bits per heavy atom. The Balaban J connectivity index is 2.05. The first kappa shape index (κ1) is 19.4. The predicted octanol–water partition coefficient (Wildman–Crippen LogP) is 2.12. The van der Waals surface area contributed by atoms with Crippen molar-refractivity contribution in [3.63, 3.8) is 0 Å². The molecule has 134 valence electrons. The van der Waals surface area contributed by atoms with Crippen LogP contribution in [0.5, 0.6) is 0 Å². The molecule has 0 spiro atoms. The summed E-state index contributed by atoms with van der Waals surface area (Å²) >= 11 is 3.62. The molecule has 1 aromatic carbocycles. The lowest BCUT2D eigenvalue weighted by Crippen LogP contribution is -2.49. The van der Waals surface area contributed by atoms with E-state index in [1.165, 1.54) is 4.90 Å². The highest BCUT2D eigenvalue weighted by Gasteiger charge is 2.18. The quantitative estimate of drug-likeness (QED) is 0.333. The molecule has 1 saturated heterocycles. The van der Waals surface area contributed by atoms with Gasteiger partial charge in [0.25, 0.3) is 0 Å². The number of para-hydroxylation sites is 1. The summed E-state index contributed by atoms with van der Waals surface area (Å²) in [5, 5.41) is 3.58. The summed E-state index contributed by atoms with van der Waals surface area (Å²) in [5.41, 5.74) is 6.69. The topological polar surface area (TPSA) is 56.9 Å². The zero-order valence-electron chi connectivity index (χ0n) is 14.7. The second-order valence-electron chi connectivity index (χ2n) is 5.72. The molecule has 0 atom stereocenters. The summed E-state index contributed by atoms with van der Waals surface area (Å²) in [7, 11) is 2.17. The maximum atomic E-state index is 5.55. The van der Waals surface area contributed by atoms with Crippen molar-refractivity contribution in [1.29, 1.82) is 0 Å². The molecule has 1 fully saturated rings. The first-order valence-electron chi connectivity index (χ1n) is 8.40. The molecule has 7 heteroatoms. The van der Waals surface area contributed by atoms with E-state index in [1.807, 2.05) is 11.8 Å². The van der Waals surface area contributed by atoms with Crippen molar-refractivity contribution in [2.75, 3.05) is 69.4 Å². The Morgan fingerprint density at radius 1 is 1.21 bits per heavy atom. The van der Waals surface area contributed by atoms with Crippen molar-refractivity contribution in [2.45, 2.75) is 4.90 Å². The summed E-state index contributed by atoms with van der Waals surface area (Å²) in [5.74, 6) is 3.01. The van der Waals surface area contributed by atoms with Gasteiger partial charge < -0.3 is 20.9 Å². The van der Waals surface area contributed by atoms with Crippen molar-refractivity contribution < 1.29 is 0 Å². The summed E-state index contributed by atoms with van der Waals surface area (Å²) in [6.45, 7) is 5.73. The van der Waals surface area contributed by atoms with Gasteiger partial charge in [-0.25, -0.2) is 0 Å². The first-order valence-corrected chi connectivity index (χ1v) is 10.8. The number of nitrogens with two attached hydrogens (primary N) is 1. The number of piperazine rings is 1. The molecule has 0 amide bonds. The molecular weight excluding hydrogens is 338 g/mol. The molecule has 1 aromatic rings. The van der Waals surface area contributed by atoms with Crippen LogP contribution in [0.15, 0.2) is 34.2 Å². The highest BCUT2D eigenvalue weighted by molar-refractivity contribution is 7.99.